The zero-order valence-electron chi connectivity index (χ0n) is 13.3. The number of ether oxygens (including phenoxy) is 1. The molecule has 0 radical (unpaired) electrons. The van der Waals surface area contributed by atoms with Gasteiger partial charge in [0.1, 0.15) is 11.4 Å². The van der Waals surface area contributed by atoms with Gasteiger partial charge in [0.25, 0.3) is 0 Å². The number of hydrogen-bond acceptors (Lipinski definition) is 2. The van der Waals surface area contributed by atoms with Crippen molar-refractivity contribution in [3.05, 3.63) is 34.7 Å². The minimum Gasteiger partial charge on any atom is -0.443 e. The molecule has 0 fully saturated rings. The molecule has 0 aliphatic heterocycles. The third-order valence-corrected chi connectivity index (χ3v) is 2.83. The van der Waals surface area contributed by atoms with Crippen LogP contribution in [0.25, 0.3) is 10.9 Å². The highest BCUT2D eigenvalue weighted by molar-refractivity contribution is 6.31. The van der Waals surface area contributed by atoms with Crippen LogP contribution in [0.3, 0.4) is 0 Å². The summed E-state index contributed by atoms with van der Waals surface area (Å²) in [5.41, 5.74) is 0.322. The van der Waals surface area contributed by atoms with Gasteiger partial charge in [-0.15, -0.1) is 0 Å². The van der Waals surface area contributed by atoms with Gasteiger partial charge in [0.15, 0.2) is 0 Å². The van der Waals surface area contributed by atoms with Crippen molar-refractivity contribution in [2.24, 2.45) is 0 Å². The summed E-state index contributed by atoms with van der Waals surface area (Å²) in [7, 11) is 0. The molecule has 0 aliphatic carbocycles. The van der Waals surface area contributed by atoms with Crippen LogP contribution >= 0.6 is 11.6 Å². The summed E-state index contributed by atoms with van der Waals surface area (Å²) in [5.74, 6) is -0.540. The lowest BCUT2D eigenvalue weighted by molar-refractivity contribution is 0.0543. The molecule has 2 rings (SSSR count). The van der Waals surface area contributed by atoms with Gasteiger partial charge in [-0.2, -0.15) is 0 Å². The Bertz CT molecular complexity index is 656. The Morgan fingerprint density at radius 2 is 1.86 bits per heavy atom. The lowest BCUT2D eigenvalue weighted by Crippen LogP contribution is -2.26. The summed E-state index contributed by atoms with van der Waals surface area (Å²) in [5, 5.41) is 0.908. The van der Waals surface area contributed by atoms with E-state index in [2.05, 4.69) is 0 Å². The summed E-state index contributed by atoms with van der Waals surface area (Å²) in [6.45, 7) is 11.1. The van der Waals surface area contributed by atoms with Gasteiger partial charge in [-0.05, 0) is 45.4 Å². The third-order valence-electron chi connectivity index (χ3n) is 2.61. The first-order chi connectivity index (χ1) is 9.69. The molecular formula is C16H21ClFNO2. The minimum atomic E-state index is -0.634. The Morgan fingerprint density at radius 3 is 2.38 bits per heavy atom. The largest absolute Gasteiger partial charge is 0.443 e. The molecule has 0 atom stereocenters. The molecule has 0 spiro atoms. The zero-order chi connectivity index (χ0) is 16.4. The van der Waals surface area contributed by atoms with Crippen LogP contribution in [-0.4, -0.2) is 16.3 Å². The summed E-state index contributed by atoms with van der Waals surface area (Å²) in [4.78, 5) is 12.1. The fourth-order valence-electron chi connectivity index (χ4n) is 1.89. The molecule has 0 bridgehead atoms. The van der Waals surface area contributed by atoms with E-state index in [1.807, 2.05) is 13.8 Å². The number of halogens is 2. The highest BCUT2D eigenvalue weighted by Crippen LogP contribution is 2.28. The average molecular weight is 314 g/mol. The molecule has 1 heterocycles. The van der Waals surface area contributed by atoms with Crippen LogP contribution in [0.2, 0.25) is 5.02 Å². The Labute approximate surface area is 129 Å². The summed E-state index contributed by atoms with van der Waals surface area (Å²) in [6.07, 6.45) is 0.949. The van der Waals surface area contributed by atoms with Crippen molar-refractivity contribution in [1.82, 2.24) is 4.57 Å². The van der Waals surface area contributed by atoms with Crippen molar-refractivity contribution in [3.8, 4) is 0 Å². The highest BCUT2D eigenvalue weighted by atomic mass is 35.5. The molecule has 0 saturated carbocycles. The van der Waals surface area contributed by atoms with Crippen LogP contribution in [0.5, 0.6) is 0 Å². The van der Waals surface area contributed by atoms with Gasteiger partial charge in [-0.3, -0.25) is 0 Å². The Hall–Kier alpha value is -1.55. The molecule has 0 aliphatic rings. The SMILES string of the molecule is CC.Cc1cn(C(=O)OC(C)(C)C)c2c(F)cc(Cl)cc12. The molecule has 1 aromatic heterocycles. The van der Waals surface area contributed by atoms with E-state index in [-0.39, 0.29) is 5.52 Å². The molecule has 116 valence electrons. The normalized spacial score (nSPS) is 11.0. The molecule has 0 unspecified atom stereocenters. The van der Waals surface area contributed by atoms with Crippen molar-refractivity contribution in [2.75, 3.05) is 0 Å². The van der Waals surface area contributed by atoms with Crippen LogP contribution in [-0.2, 0) is 4.74 Å². The minimum absolute atomic E-state index is 0.191. The first-order valence-corrected chi connectivity index (χ1v) is 7.27. The zero-order valence-corrected chi connectivity index (χ0v) is 14.0. The smallest absolute Gasteiger partial charge is 0.419 e. The number of aromatic nitrogens is 1. The number of hydrogen-bond donors (Lipinski definition) is 0. The van der Waals surface area contributed by atoms with Gasteiger partial charge in [-0.25, -0.2) is 13.8 Å². The molecule has 0 N–H and O–H groups in total. The maximum atomic E-state index is 14.0. The molecular weight excluding hydrogens is 293 g/mol. The standard InChI is InChI=1S/C14H15ClFNO2.C2H6/c1-8-7-17(13(18)19-14(2,3)4)12-10(8)5-9(15)6-11(12)16;1-2/h5-7H,1-4H3;1-2H3. The van der Waals surface area contributed by atoms with Gasteiger partial charge >= 0.3 is 6.09 Å². The first-order valence-electron chi connectivity index (χ1n) is 6.89. The first kappa shape index (κ1) is 17.5. The Balaban J connectivity index is 0.00000106. The lowest BCUT2D eigenvalue weighted by Gasteiger charge is -2.19. The summed E-state index contributed by atoms with van der Waals surface area (Å²) in [6, 6.07) is 2.82. The number of carbonyl (C=O) groups excluding carboxylic acids is 1. The van der Waals surface area contributed by atoms with E-state index in [9.17, 15) is 9.18 Å². The molecule has 5 heteroatoms. The molecule has 21 heavy (non-hydrogen) atoms. The van der Waals surface area contributed by atoms with E-state index in [1.165, 1.54) is 10.6 Å². The number of carbonyl (C=O) groups is 1. The van der Waals surface area contributed by atoms with E-state index >= 15 is 0 Å². The van der Waals surface area contributed by atoms with Crippen molar-refractivity contribution in [1.29, 1.82) is 0 Å². The molecule has 3 nitrogen and oxygen atoms in total. The number of aryl methyl sites for hydroxylation is 1. The lowest BCUT2D eigenvalue weighted by atomic mass is 10.2. The second-order valence-corrected chi connectivity index (χ2v) is 5.88. The highest BCUT2D eigenvalue weighted by Gasteiger charge is 2.21. The molecule has 0 amide bonds. The van der Waals surface area contributed by atoms with E-state index in [4.69, 9.17) is 16.3 Å². The fraction of sp³-hybridized carbons (Fsp3) is 0.438. The number of fused-ring (bicyclic) bond motifs is 1. The molecule has 1 aromatic carbocycles. The maximum absolute atomic E-state index is 14.0. The number of rotatable bonds is 0. The fourth-order valence-corrected chi connectivity index (χ4v) is 2.10. The monoisotopic (exact) mass is 313 g/mol. The Kier molecular flexibility index (Phi) is 5.40. The van der Waals surface area contributed by atoms with Crippen LogP contribution in [0.1, 0.15) is 40.2 Å². The van der Waals surface area contributed by atoms with Crippen LogP contribution in [0, 0.1) is 12.7 Å². The number of nitrogens with zero attached hydrogens (tertiary/aromatic N) is 1. The van der Waals surface area contributed by atoms with Crippen molar-refractivity contribution < 1.29 is 13.9 Å². The summed E-state index contributed by atoms with van der Waals surface area (Å²) < 4.78 is 20.4. The molecule has 2 aromatic rings. The van der Waals surface area contributed by atoms with E-state index < -0.39 is 17.5 Å². The van der Waals surface area contributed by atoms with Crippen LogP contribution in [0.4, 0.5) is 9.18 Å². The quantitative estimate of drug-likeness (QED) is 0.638. The second-order valence-electron chi connectivity index (χ2n) is 5.45. The molecule has 0 saturated heterocycles. The van der Waals surface area contributed by atoms with Crippen LogP contribution in [0.15, 0.2) is 18.3 Å². The third kappa shape index (κ3) is 3.97. The Morgan fingerprint density at radius 1 is 1.29 bits per heavy atom. The van der Waals surface area contributed by atoms with Crippen molar-refractivity contribution in [3.63, 3.8) is 0 Å². The average Bonchev–Trinajstić information content (AvgIpc) is 2.68. The summed E-state index contributed by atoms with van der Waals surface area (Å²) >= 11 is 5.83. The van der Waals surface area contributed by atoms with Crippen molar-refractivity contribution >= 4 is 28.6 Å². The van der Waals surface area contributed by atoms with Gasteiger partial charge in [0.2, 0.25) is 0 Å². The van der Waals surface area contributed by atoms with E-state index in [1.54, 1.807) is 40.0 Å². The predicted molar refractivity (Wildman–Crippen MR) is 84.6 cm³/mol. The van der Waals surface area contributed by atoms with Gasteiger partial charge in [0.05, 0.1) is 5.52 Å². The second kappa shape index (κ2) is 6.48. The van der Waals surface area contributed by atoms with Crippen LogP contribution < -0.4 is 0 Å². The van der Waals surface area contributed by atoms with Gasteiger partial charge in [0, 0.05) is 16.6 Å². The topological polar surface area (TPSA) is 31.2 Å². The maximum Gasteiger partial charge on any atom is 0.419 e. The number of benzene rings is 1. The van der Waals surface area contributed by atoms with E-state index in [0.29, 0.717) is 10.4 Å². The predicted octanol–water partition coefficient (Wildman–Crippen LogP) is 5.55. The van der Waals surface area contributed by atoms with Crippen molar-refractivity contribution in [2.45, 2.75) is 47.1 Å². The van der Waals surface area contributed by atoms with Gasteiger partial charge < -0.3 is 4.74 Å². The van der Waals surface area contributed by atoms with E-state index in [0.717, 1.165) is 5.56 Å². The van der Waals surface area contributed by atoms with Gasteiger partial charge in [-0.1, -0.05) is 25.4 Å².